The van der Waals surface area contributed by atoms with Gasteiger partial charge in [-0.1, -0.05) is 32.1 Å². The zero-order chi connectivity index (χ0) is 10.4. The van der Waals surface area contributed by atoms with Crippen molar-refractivity contribution in [1.82, 2.24) is 0 Å². The third-order valence-electron chi connectivity index (χ3n) is 2.11. The Kier molecular flexibility index (Phi) is 4.17. The van der Waals surface area contributed by atoms with E-state index in [2.05, 4.69) is 11.9 Å². The lowest BCUT2D eigenvalue weighted by atomic mass is 10.1. The third kappa shape index (κ3) is 2.59. The molecule has 0 fully saturated rings. The number of allylic oxidation sites excluding steroid dienone is 4. The summed E-state index contributed by atoms with van der Waals surface area (Å²) < 4.78 is 0. The summed E-state index contributed by atoms with van der Waals surface area (Å²) in [6.07, 6.45) is 10.1. The molecule has 0 amide bonds. The van der Waals surface area contributed by atoms with Gasteiger partial charge in [0.1, 0.15) is 11.5 Å². The van der Waals surface area contributed by atoms with E-state index in [1.807, 2.05) is 31.4 Å². The minimum absolute atomic E-state index is 0.372. The van der Waals surface area contributed by atoms with Crippen LogP contribution in [-0.2, 0) is 0 Å². The van der Waals surface area contributed by atoms with E-state index in [1.54, 1.807) is 0 Å². The van der Waals surface area contributed by atoms with Gasteiger partial charge >= 0.3 is 0 Å². The van der Waals surface area contributed by atoms with Crippen LogP contribution in [0.4, 0.5) is 0 Å². The monoisotopic (exact) mass is 191 g/mol. The molecule has 0 aliphatic heterocycles. The second kappa shape index (κ2) is 5.43. The summed E-state index contributed by atoms with van der Waals surface area (Å²) in [5, 5.41) is 9.75. The van der Waals surface area contributed by atoms with Gasteiger partial charge < -0.3 is 5.11 Å². The zero-order valence-electron chi connectivity index (χ0n) is 8.83. The highest BCUT2D eigenvalue weighted by Gasteiger charge is 2.09. The van der Waals surface area contributed by atoms with E-state index in [-0.39, 0.29) is 0 Å². The molecule has 1 rings (SSSR count). The Bertz CT molecular complexity index is 308. The van der Waals surface area contributed by atoms with Gasteiger partial charge in [-0.05, 0) is 18.4 Å². The Hall–Kier alpha value is -1.31. The van der Waals surface area contributed by atoms with Crippen LogP contribution in [0.3, 0.4) is 0 Å². The fraction of sp³-hybridized carbons (Fsp3) is 0.417. The summed E-state index contributed by atoms with van der Waals surface area (Å²) in [5.41, 5.74) is 1.85. The first kappa shape index (κ1) is 10.8. The van der Waals surface area contributed by atoms with E-state index < -0.39 is 0 Å². The maximum absolute atomic E-state index is 9.75. The highest BCUT2D eigenvalue weighted by molar-refractivity contribution is 5.60. The van der Waals surface area contributed by atoms with Crippen molar-refractivity contribution in [2.24, 2.45) is 4.99 Å². The van der Waals surface area contributed by atoms with Crippen molar-refractivity contribution in [3.05, 3.63) is 35.3 Å². The number of aliphatic hydroxyl groups is 1. The molecule has 0 aromatic rings. The van der Waals surface area contributed by atoms with Gasteiger partial charge in [-0.2, -0.15) is 0 Å². The largest absolute Gasteiger partial charge is 0.510 e. The van der Waals surface area contributed by atoms with Crippen LogP contribution >= 0.6 is 0 Å². The maximum atomic E-state index is 9.75. The van der Waals surface area contributed by atoms with Crippen molar-refractivity contribution in [3.8, 4) is 0 Å². The van der Waals surface area contributed by atoms with Gasteiger partial charge in [0, 0.05) is 12.6 Å². The van der Waals surface area contributed by atoms with Crippen LogP contribution in [0.15, 0.2) is 40.2 Å². The molecule has 0 spiro atoms. The van der Waals surface area contributed by atoms with Crippen LogP contribution in [0.1, 0.15) is 33.1 Å². The predicted octanol–water partition coefficient (Wildman–Crippen LogP) is 3.53. The lowest BCUT2D eigenvalue weighted by molar-refractivity contribution is 0.394. The standard InChI is InChI=1S/C12H17NO/c1-3-9-13-12-10(4-2)7-5-6-8-11(12)14/h5-7,9,14H,3-4,8H2,1-2H3. The second-order valence-electron chi connectivity index (χ2n) is 3.19. The molecule has 2 heteroatoms. The van der Waals surface area contributed by atoms with Crippen molar-refractivity contribution in [1.29, 1.82) is 0 Å². The first-order valence-electron chi connectivity index (χ1n) is 5.10. The molecule has 1 aliphatic rings. The average molecular weight is 191 g/mol. The van der Waals surface area contributed by atoms with E-state index in [0.29, 0.717) is 12.2 Å². The van der Waals surface area contributed by atoms with E-state index in [0.717, 1.165) is 24.1 Å². The SMILES string of the molecule is CCC=NC1=C(O)CC=CC=C1CC. The first-order valence-corrected chi connectivity index (χ1v) is 5.10. The molecule has 0 aromatic heterocycles. The highest BCUT2D eigenvalue weighted by atomic mass is 16.3. The molecule has 0 saturated carbocycles. The lowest BCUT2D eigenvalue weighted by Gasteiger charge is -2.05. The van der Waals surface area contributed by atoms with E-state index in [1.165, 1.54) is 0 Å². The molecule has 0 aromatic carbocycles. The quantitative estimate of drug-likeness (QED) is 0.680. The van der Waals surface area contributed by atoms with E-state index in [9.17, 15) is 5.11 Å². The maximum Gasteiger partial charge on any atom is 0.122 e. The summed E-state index contributed by atoms with van der Waals surface area (Å²) in [7, 11) is 0. The van der Waals surface area contributed by atoms with Gasteiger partial charge in [0.2, 0.25) is 0 Å². The molecule has 0 heterocycles. The van der Waals surface area contributed by atoms with Gasteiger partial charge in [0.15, 0.2) is 0 Å². The van der Waals surface area contributed by atoms with E-state index >= 15 is 0 Å². The minimum Gasteiger partial charge on any atom is -0.510 e. The highest BCUT2D eigenvalue weighted by Crippen LogP contribution is 2.22. The van der Waals surface area contributed by atoms with Crippen molar-refractivity contribution in [2.45, 2.75) is 33.1 Å². The fourth-order valence-corrected chi connectivity index (χ4v) is 1.35. The van der Waals surface area contributed by atoms with Gasteiger partial charge in [-0.3, -0.25) is 4.99 Å². The van der Waals surface area contributed by atoms with Gasteiger partial charge in [-0.25, -0.2) is 0 Å². The Morgan fingerprint density at radius 2 is 2.29 bits per heavy atom. The number of nitrogens with zero attached hydrogens (tertiary/aromatic N) is 1. The molecule has 2 nitrogen and oxygen atoms in total. The van der Waals surface area contributed by atoms with Crippen LogP contribution in [0.5, 0.6) is 0 Å². The Labute approximate surface area is 85.4 Å². The summed E-state index contributed by atoms with van der Waals surface area (Å²) >= 11 is 0. The number of hydrogen-bond donors (Lipinski definition) is 1. The molecule has 0 saturated heterocycles. The molecule has 0 atom stereocenters. The molecule has 1 aliphatic carbocycles. The topological polar surface area (TPSA) is 32.6 Å². The summed E-state index contributed by atoms with van der Waals surface area (Å²) in [4.78, 5) is 4.29. The zero-order valence-corrected chi connectivity index (χ0v) is 8.83. The van der Waals surface area contributed by atoms with Crippen molar-refractivity contribution >= 4 is 6.21 Å². The number of hydrogen-bond acceptors (Lipinski definition) is 2. The molecule has 0 radical (unpaired) electrons. The smallest absolute Gasteiger partial charge is 0.122 e. The number of aliphatic imine (C=N–C) groups is 1. The van der Waals surface area contributed by atoms with Crippen LogP contribution in [-0.4, -0.2) is 11.3 Å². The number of aliphatic hydroxyl groups excluding tert-OH is 1. The lowest BCUT2D eigenvalue weighted by Crippen LogP contribution is -1.92. The molecular weight excluding hydrogens is 174 g/mol. The molecule has 14 heavy (non-hydrogen) atoms. The molecule has 0 unspecified atom stereocenters. The van der Waals surface area contributed by atoms with Crippen molar-refractivity contribution in [3.63, 3.8) is 0 Å². The van der Waals surface area contributed by atoms with Gasteiger partial charge in [0.25, 0.3) is 0 Å². The Morgan fingerprint density at radius 1 is 1.50 bits per heavy atom. The summed E-state index contributed by atoms with van der Waals surface area (Å²) in [6, 6.07) is 0. The average Bonchev–Trinajstić information content (AvgIpc) is 2.37. The van der Waals surface area contributed by atoms with Gasteiger partial charge in [0.05, 0.1) is 0 Å². The van der Waals surface area contributed by atoms with Gasteiger partial charge in [-0.15, -0.1) is 0 Å². The minimum atomic E-state index is 0.372. The molecular formula is C12H17NO. The van der Waals surface area contributed by atoms with Crippen molar-refractivity contribution in [2.75, 3.05) is 0 Å². The normalized spacial score (nSPS) is 17.4. The summed E-state index contributed by atoms with van der Waals surface area (Å²) in [5.74, 6) is 0.372. The number of rotatable bonds is 3. The molecule has 76 valence electrons. The fourth-order valence-electron chi connectivity index (χ4n) is 1.35. The van der Waals surface area contributed by atoms with Crippen LogP contribution in [0, 0.1) is 0 Å². The molecule has 1 N–H and O–H groups in total. The third-order valence-corrected chi connectivity index (χ3v) is 2.11. The Balaban J connectivity index is 3.00. The predicted molar refractivity (Wildman–Crippen MR) is 60.6 cm³/mol. The second-order valence-corrected chi connectivity index (χ2v) is 3.19. The van der Waals surface area contributed by atoms with E-state index in [4.69, 9.17) is 0 Å². The summed E-state index contributed by atoms with van der Waals surface area (Å²) in [6.45, 7) is 4.10. The van der Waals surface area contributed by atoms with Crippen LogP contribution < -0.4 is 0 Å². The molecule has 0 bridgehead atoms. The first-order chi connectivity index (χ1) is 6.79. The Morgan fingerprint density at radius 3 is 2.93 bits per heavy atom. The van der Waals surface area contributed by atoms with Crippen LogP contribution in [0.2, 0.25) is 0 Å². The van der Waals surface area contributed by atoms with Crippen LogP contribution in [0.25, 0.3) is 0 Å². The van der Waals surface area contributed by atoms with Crippen molar-refractivity contribution < 1.29 is 5.11 Å².